The molecule has 1 N–H and O–H groups in total. The molecule has 1 unspecified atom stereocenters. The highest BCUT2D eigenvalue weighted by Gasteiger charge is 2.51. The minimum absolute atomic E-state index is 0.290. The fourth-order valence-electron chi connectivity index (χ4n) is 3.14. The van der Waals surface area contributed by atoms with Crippen LogP contribution in [0.3, 0.4) is 0 Å². The standard InChI is InChI=1S/C19H18BrF2N3O3S/c1-3-24(9-12-5-7-15(20)29-12)16(26)10-25-17(27)19(2,23-18(25)28)13-8-11(21)4-6-14(13)22/h4-8H,3,9-10H2,1-2H3,(H,23,28). The lowest BCUT2D eigenvalue weighted by molar-refractivity contribution is -0.139. The maximum Gasteiger partial charge on any atom is 0.325 e. The highest BCUT2D eigenvalue weighted by atomic mass is 79.9. The topological polar surface area (TPSA) is 69.7 Å². The van der Waals surface area contributed by atoms with Gasteiger partial charge in [0.25, 0.3) is 5.91 Å². The first-order valence-corrected chi connectivity index (χ1v) is 10.4. The molecular formula is C19H18BrF2N3O3S. The van der Waals surface area contributed by atoms with Gasteiger partial charge in [0.1, 0.15) is 23.7 Å². The Kier molecular flexibility index (Phi) is 6.04. The number of nitrogens with one attached hydrogen (secondary N) is 1. The molecule has 29 heavy (non-hydrogen) atoms. The lowest BCUT2D eigenvalue weighted by Gasteiger charge is -2.24. The smallest absolute Gasteiger partial charge is 0.325 e. The van der Waals surface area contributed by atoms with Gasteiger partial charge < -0.3 is 10.2 Å². The molecule has 3 rings (SSSR count). The van der Waals surface area contributed by atoms with Crippen molar-refractivity contribution in [1.82, 2.24) is 15.1 Å². The summed E-state index contributed by atoms with van der Waals surface area (Å²) in [5.74, 6) is -2.80. The molecule has 2 heterocycles. The van der Waals surface area contributed by atoms with E-state index in [1.165, 1.54) is 23.2 Å². The van der Waals surface area contributed by atoms with Gasteiger partial charge in [0.2, 0.25) is 5.91 Å². The molecule has 154 valence electrons. The SMILES string of the molecule is CCN(Cc1ccc(Br)s1)C(=O)CN1C(=O)NC(C)(c2cc(F)ccc2F)C1=O. The molecule has 10 heteroatoms. The lowest BCUT2D eigenvalue weighted by Crippen LogP contribution is -2.44. The molecule has 0 spiro atoms. The van der Waals surface area contributed by atoms with Crippen molar-refractivity contribution in [2.24, 2.45) is 0 Å². The molecule has 1 aromatic heterocycles. The Morgan fingerprint density at radius 3 is 2.62 bits per heavy atom. The van der Waals surface area contributed by atoms with Gasteiger partial charge in [0.05, 0.1) is 10.3 Å². The molecule has 2 aromatic rings. The second kappa shape index (κ2) is 8.19. The van der Waals surface area contributed by atoms with Crippen LogP contribution in [0.1, 0.15) is 24.3 Å². The van der Waals surface area contributed by atoms with Crippen molar-refractivity contribution < 1.29 is 23.2 Å². The van der Waals surface area contributed by atoms with Crippen molar-refractivity contribution >= 4 is 45.1 Å². The van der Waals surface area contributed by atoms with E-state index in [0.29, 0.717) is 13.1 Å². The molecule has 1 aliphatic rings. The van der Waals surface area contributed by atoms with E-state index >= 15 is 0 Å². The maximum atomic E-state index is 14.2. The van der Waals surface area contributed by atoms with Crippen molar-refractivity contribution in [3.05, 3.63) is 56.2 Å². The predicted octanol–water partition coefficient (Wildman–Crippen LogP) is 3.60. The van der Waals surface area contributed by atoms with Crippen molar-refractivity contribution in [3.8, 4) is 0 Å². The van der Waals surface area contributed by atoms with Crippen LogP contribution < -0.4 is 5.32 Å². The van der Waals surface area contributed by atoms with Crippen molar-refractivity contribution in [1.29, 1.82) is 0 Å². The Hall–Kier alpha value is -2.33. The maximum absolute atomic E-state index is 14.2. The Bertz CT molecular complexity index is 983. The monoisotopic (exact) mass is 485 g/mol. The minimum Gasteiger partial charge on any atom is -0.336 e. The zero-order chi connectivity index (χ0) is 21.3. The molecule has 6 nitrogen and oxygen atoms in total. The normalized spacial score (nSPS) is 18.9. The van der Waals surface area contributed by atoms with Crippen LogP contribution in [0.25, 0.3) is 0 Å². The van der Waals surface area contributed by atoms with E-state index < -0.39 is 41.6 Å². The first-order chi connectivity index (χ1) is 13.7. The second-order valence-electron chi connectivity index (χ2n) is 6.68. The van der Waals surface area contributed by atoms with E-state index in [2.05, 4.69) is 21.2 Å². The molecule has 0 bridgehead atoms. The Morgan fingerprint density at radius 2 is 2.00 bits per heavy atom. The number of urea groups is 1. The number of nitrogens with zero attached hydrogens (tertiary/aromatic N) is 2. The summed E-state index contributed by atoms with van der Waals surface area (Å²) in [5, 5.41) is 2.39. The molecule has 0 saturated carbocycles. The van der Waals surface area contributed by atoms with E-state index in [1.54, 1.807) is 6.92 Å². The molecule has 0 aliphatic carbocycles. The van der Waals surface area contributed by atoms with Gasteiger partial charge in [-0.3, -0.25) is 14.5 Å². The number of rotatable bonds is 6. The largest absolute Gasteiger partial charge is 0.336 e. The lowest BCUT2D eigenvalue weighted by atomic mass is 9.91. The van der Waals surface area contributed by atoms with Gasteiger partial charge in [0, 0.05) is 17.0 Å². The van der Waals surface area contributed by atoms with Crippen LogP contribution in [0.2, 0.25) is 0 Å². The van der Waals surface area contributed by atoms with E-state index in [4.69, 9.17) is 0 Å². The van der Waals surface area contributed by atoms with Crippen LogP contribution in [0.5, 0.6) is 0 Å². The number of carbonyl (C=O) groups excluding carboxylic acids is 3. The summed E-state index contributed by atoms with van der Waals surface area (Å²) >= 11 is 4.84. The molecule has 1 fully saturated rings. The van der Waals surface area contributed by atoms with E-state index in [0.717, 1.165) is 31.8 Å². The quantitative estimate of drug-likeness (QED) is 0.635. The first-order valence-electron chi connectivity index (χ1n) is 8.77. The summed E-state index contributed by atoms with van der Waals surface area (Å²) < 4.78 is 28.7. The Morgan fingerprint density at radius 1 is 1.28 bits per heavy atom. The van der Waals surface area contributed by atoms with Crippen LogP contribution in [-0.4, -0.2) is 40.7 Å². The number of hydrogen-bond acceptors (Lipinski definition) is 4. The minimum atomic E-state index is -1.79. The summed E-state index contributed by atoms with van der Waals surface area (Å²) in [4.78, 5) is 41.2. The fraction of sp³-hybridized carbons (Fsp3) is 0.316. The van der Waals surface area contributed by atoms with Gasteiger partial charge in [-0.1, -0.05) is 0 Å². The zero-order valence-corrected chi connectivity index (χ0v) is 18.1. The van der Waals surface area contributed by atoms with Crippen molar-refractivity contribution in [2.75, 3.05) is 13.1 Å². The third-order valence-electron chi connectivity index (χ3n) is 4.75. The summed E-state index contributed by atoms with van der Waals surface area (Å²) in [6.07, 6.45) is 0. The van der Waals surface area contributed by atoms with Gasteiger partial charge in [0.15, 0.2) is 0 Å². The predicted molar refractivity (Wildman–Crippen MR) is 107 cm³/mol. The average Bonchev–Trinajstić information content (AvgIpc) is 3.18. The summed E-state index contributed by atoms with van der Waals surface area (Å²) in [6, 6.07) is 5.60. The third-order valence-corrected chi connectivity index (χ3v) is 6.35. The van der Waals surface area contributed by atoms with Crippen LogP contribution in [0, 0.1) is 11.6 Å². The molecule has 1 atom stereocenters. The third kappa shape index (κ3) is 4.18. The Balaban J connectivity index is 1.78. The van der Waals surface area contributed by atoms with Gasteiger partial charge in [-0.25, -0.2) is 13.6 Å². The summed E-state index contributed by atoms with van der Waals surface area (Å²) in [5.41, 5.74) is -2.08. The van der Waals surface area contributed by atoms with Crippen LogP contribution in [0.15, 0.2) is 34.1 Å². The van der Waals surface area contributed by atoms with Crippen LogP contribution in [-0.2, 0) is 21.7 Å². The van der Waals surface area contributed by atoms with E-state index in [-0.39, 0.29) is 5.56 Å². The molecule has 1 saturated heterocycles. The molecular weight excluding hydrogens is 468 g/mol. The number of carbonyl (C=O) groups is 3. The van der Waals surface area contributed by atoms with Gasteiger partial charge in [-0.2, -0.15) is 0 Å². The van der Waals surface area contributed by atoms with Crippen LogP contribution >= 0.6 is 27.3 Å². The number of imide groups is 1. The molecule has 1 aliphatic heterocycles. The molecule has 4 amide bonds. The summed E-state index contributed by atoms with van der Waals surface area (Å²) in [6.45, 7) is 3.31. The number of likely N-dealkylation sites (N-methyl/N-ethyl adjacent to an activating group) is 1. The van der Waals surface area contributed by atoms with E-state index in [9.17, 15) is 23.2 Å². The molecule has 1 aromatic carbocycles. The number of benzene rings is 1. The van der Waals surface area contributed by atoms with Crippen molar-refractivity contribution in [2.45, 2.75) is 25.9 Å². The van der Waals surface area contributed by atoms with Gasteiger partial charge in [-0.05, 0) is 60.1 Å². The second-order valence-corrected chi connectivity index (χ2v) is 9.23. The van der Waals surface area contributed by atoms with Crippen molar-refractivity contribution in [3.63, 3.8) is 0 Å². The number of halogens is 3. The van der Waals surface area contributed by atoms with Crippen LogP contribution in [0.4, 0.5) is 13.6 Å². The van der Waals surface area contributed by atoms with E-state index in [1.807, 2.05) is 12.1 Å². The zero-order valence-electron chi connectivity index (χ0n) is 15.7. The average molecular weight is 486 g/mol. The first kappa shape index (κ1) is 21.4. The fourth-order valence-corrected chi connectivity index (χ4v) is 4.64. The van der Waals surface area contributed by atoms with Gasteiger partial charge >= 0.3 is 6.03 Å². The number of amides is 4. The molecule has 0 radical (unpaired) electrons. The summed E-state index contributed by atoms with van der Waals surface area (Å²) in [7, 11) is 0. The number of thiophene rings is 1. The highest BCUT2D eigenvalue weighted by molar-refractivity contribution is 9.11. The Labute approximate surface area is 178 Å². The highest BCUT2D eigenvalue weighted by Crippen LogP contribution is 2.31. The number of hydrogen-bond donors (Lipinski definition) is 1. The van der Waals surface area contributed by atoms with Gasteiger partial charge in [-0.15, -0.1) is 11.3 Å².